The molecule has 1 fully saturated rings. The molecule has 24 heavy (non-hydrogen) atoms. The van der Waals surface area contributed by atoms with Gasteiger partial charge in [0.1, 0.15) is 0 Å². The van der Waals surface area contributed by atoms with Gasteiger partial charge in [-0.25, -0.2) is 4.79 Å². The molecule has 0 unspecified atom stereocenters. The van der Waals surface area contributed by atoms with Crippen molar-refractivity contribution < 1.29 is 9.59 Å². The molecule has 0 aromatic heterocycles. The highest BCUT2D eigenvalue weighted by Gasteiger charge is 2.30. The van der Waals surface area contributed by atoms with E-state index in [2.05, 4.69) is 34.2 Å². The first-order valence-corrected chi connectivity index (χ1v) is 9.20. The standard InChI is InChI=1S/C18H25N3O2S/c1-3-10-19-18(23)20-17(22)14(2)21-11-9-15(12-21)13-24-16-7-5-4-6-8-16/h3-8,14-15H,1,9-13H2,2H3,(H2,19,20,22,23)/t14-,15-/m0/s1. The monoisotopic (exact) mass is 347 g/mol. The van der Waals surface area contributed by atoms with E-state index >= 15 is 0 Å². The van der Waals surface area contributed by atoms with E-state index in [0.29, 0.717) is 12.5 Å². The van der Waals surface area contributed by atoms with Crippen LogP contribution in [-0.4, -0.2) is 48.3 Å². The van der Waals surface area contributed by atoms with E-state index in [9.17, 15) is 9.59 Å². The lowest BCUT2D eigenvalue weighted by Crippen LogP contribution is -2.49. The van der Waals surface area contributed by atoms with Crippen molar-refractivity contribution in [2.75, 3.05) is 25.4 Å². The predicted octanol–water partition coefficient (Wildman–Crippen LogP) is 2.50. The molecular weight excluding hydrogens is 322 g/mol. The zero-order chi connectivity index (χ0) is 17.4. The van der Waals surface area contributed by atoms with Crippen molar-refractivity contribution in [1.29, 1.82) is 0 Å². The maximum atomic E-state index is 12.1. The molecule has 130 valence electrons. The lowest BCUT2D eigenvalue weighted by Gasteiger charge is -2.23. The third-order valence-electron chi connectivity index (χ3n) is 4.12. The second kappa shape index (κ2) is 9.49. The van der Waals surface area contributed by atoms with Gasteiger partial charge < -0.3 is 5.32 Å². The summed E-state index contributed by atoms with van der Waals surface area (Å²) in [4.78, 5) is 27.1. The van der Waals surface area contributed by atoms with Crippen molar-refractivity contribution in [1.82, 2.24) is 15.5 Å². The van der Waals surface area contributed by atoms with Crippen LogP contribution in [0.2, 0.25) is 0 Å². The third kappa shape index (κ3) is 5.69. The molecule has 2 atom stereocenters. The normalized spacial score (nSPS) is 18.8. The maximum Gasteiger partial charge on any atom is 0.321 e. The zero-order valence-corrected chi connectivity index (χ0v) is 14.8. The van der Waals surface area contributed by atoms with Gasteiger partial charge in [0.15, 0.2) is 0 Å². The molecule has 0 spiro atoms. The Hall–Kier alpha value is -1.79. The van der Waals surface area contributed by atoms with Crippen LogP contribution in [0.4, 0.5) is 4.79 Å². The number of nitrogens with zero attached hydrogens (tertiary/aromatic N) is 1. The summed E-state index contributed by atoms with van der Waals surface area (Å²) in [5.41, 5.74) is 0. The number of amides is 3. The topological polar surface area (TPSA) is 61.4 Å². The number of carbonyl (C=O) groups is 2. The number of benzene rings is 1. The van der Waals surface area contributed by atoms with Gasteiger partial charge >= 0.3 is 6.03 Å². The van der Waals surface area contributed by atoms with Gasteiger partial charge in [-0.1, -0.05) is 24.3 Å². The number of carbonyl (C=O) groups excluding carboxylic acids is 2. The van der Waals surface area contributed by atoms with Crippen molar-refractivity contribution in [3.8, 4) is 0 Å². The first-order valence-electron chi connectivity index (χ1n) is 8.21. The van der Waals surface area contributed by atoms with Crippen LogP contribution in [0.1, 0.15) is 13.3 Å². The fraction of sp³-hybridized carbons (Fsp3) is 0.444. The molecule has 1 aliphatic rings. The Balaban J connectivity index is 1.74. The highest BCUT2D eigenvalue weighted by Crippen LogP contribution is 2.26. The number of nitrogens with one attached hydrogen (secondary N) is 2. The molecule has 0 radical (unpaired) electrons. The lowest BCUT2D eigenvalue weighted by atomic mass is 10.2. The fourth-order valence-corrected chi connectivity index (χ4v) is 3.72. The molecule has 5 nitrogen and oxygen atoms in total. The Labute approximate surface area is 147 Å². The second-order valence-electron chi connectivity index (χ2n) is 5.94. The Bertz CT molecular complexity index is 565. The molecule has 6 heteroatoms. The second-order valence-corrected chi connectivity index (χ2v) is 7.03. The summed E-state index contributed by atoms with van der Waals surface area (Å²) in [5, 5.41) is 4.93. The van der Waals surface area contributed by atoms with Crippen LogP contribution < -0.4 is 10.6 Å². The minimum atomic E-state index is -0.470. The van der Waals surface area contributed by atoms with Crippen LogP contribution in [0.25, 0.3) is 0 Å². The first-order chi connectivity index (χ1) is 11.6. The van der Waals surface area contributed by atoms with Crippen molar-refractivity contribution in [3.05, 3.63) is 43.0 Å². The van der Waals surface area contributed by atoms with E-state index in [4.69, 9.17) is 0 Å². The van der Waals surface area contributed by atoms with E-state index < -0.39 is 6.03 Å². The van der Waals surface area contributed by atoms with E-state index in [1.54, 1.807) is 6.08 Å². The molecule has 0 bridgehead atoms. The average Bonchev–Trinajstić information content (AvgIpc) is 3.07. The van der Waals surface area contributed by atoms with Gasteiger partial charge in [-0.3, -0.25) is 15.0 Å². The van der Waals surface area contributed by atoms with Crippen molar-refractivity contribution in [3.63, 3.8) is 0 Å². The fourth-order valence-electron chi connectivity index (χ4n) is 2.67. The minimum Gasteiger partial charge on any atom is -0.334 e. The Morgan fingerprint density at radius 1 is 1.42 bits per heavy atom. The van der Waals surface area contributed by atoms with Gasteiger partial charge in [0.25, 0.3) is 0 Å². The molecular formula is C18H25N3O2S. The summed E-state index contributed by atoms with van der Waals surface area (Å²) in [6.45, 7) is 7.50. The van der Waals surface area contributed by atoms with Gasteiger partial charge in [-0.05, 0) is 37.9 Å². The van der Waals surface area contributed by atoms with Gasteiger partial charge in [0.05, 0.1) is 6.04 Å². The smallest absolute Gasteiger partial charge is 0.321 e. The van der Waals surface area contributed by atoms with E-state index in [1.807, 2.05) is 36.9 Å². The number of imide groups is 1. The Morgan fingerprint density at radius 3 is 2.88 bits per heavy atom. The molecule has 2 N–H and O–H groups in total. The SMILES string of the molecule is C=CCNC(=O)NC(=O)[C@H](C)N1CC[C@H](CSc2ccccc2)C1. The summed E-state index contributed by atoms with van der Waals surface area (Å²) in [5.74, 6) is 1.36. The number of hydrogen-bond acceptors (Lipinski definition) is 4. The molecule has 3 amide bonds. The van der Waals surface area contributed by atoms with E-state index in [-0.39, 0.29) is 11.9 Å². The zero-order valence-electron chi connectivity index (χ0n) is 14.0. The van der Waals surface area contributed by atoms with Gasteiger partial charge in [-0.15, -0.1) is 18.3 Å². The number of thioether (sulfide) groups is 1. The quantitative estimate of drug-likeness (QED) is 0.588. The highest BCUT2D eigenvalue weighted by molar-refractivity contribution is 7.99. The molecule has 0 saturated carbocycles. The first kappa shape index (κ1) is 18.5. The highest BCUT2D eigenvalue weighted by atomic mass is 32.2. The van der Waals surface area contributed by atoms with Crippen molar-refractivity contribution in [2.24, 2.45) is 5.92 Å². The average molecular weight is 347 g/mol. The van der Waals surface area contributed by atoms with Crippen LogP contribution in [0.5, 0.6) is 0 Å². The van der Waals surface area contributed by atoms with Crippen LogP contribution in [0.3, 0.4) is 0 Å². The number of urea groups is 1. The van der Waals surface area contributed by atoms with Gasteiger partial charge in [-0.2, -0.15) is 0 Å². The largest absolute Gasteiger partial charge is 0.334 e. The predicted molar refractivity (Wildman–Crippen MR) is 98.0 cm³/mol. The number of likely N-dealkylation sites (tertiary alicyclic amines) is 1. The lowest BCUT2D eigenvalue weighted by molar-refractivity contribution is -0.124. The Kier molecular flexibility index (Phi) is 7.34. The molecule has 2 rings (SSSR count). The van der Waals surface area contributed by atoms with Crippen LogP contribution >= 0.6 is 11.8 Å². The molecule has 1 aliphatic heterocycles. The molecule has 1 aromatic carbocycles. The summed E-state index contributed by atoms with van der Waals surface area (Å²) >= 11 is 1.86. The van der Waals surface area contributed by atoms with Crippen LogP contribution in [0.15, 0.2) is 47.9 Å². The van der Waals surface area contributed by atoms with Crippen LogP contribution in [0, 0.1) is 5.92 Å². The van der Waals surface area contributed by atoms with Crippen molar-refractivity contribution in [2.45, 2.75) is 24.3 Å². The van der Waals surface area contributed by atoms with Gasteiger partial charge in [0, 0.05) is 23.7 Å². The molecule has 0 aliphatic carbocycles. The van der Waals surface area contributed by atoms with Crippen molar-refractivity contribution >= 4 is 23.7 Å². The van der Waals surface area contributed by atoms with Gasteiger partial charge in [0.2, 0.25) is 5.91 Å². The van der Waals surface area contributed by atoms with E-state index in [0.717, 1.165) is 25.3 Å². The molecule has 1 saturated heterocycles. The molecule has 1 aromatic rings. The summed E-state index contributed by atoms with van der Waals surface area (Å²) in [7, 11) is 0. The Morgan fingerprint density at radius 2 is 2.17 bits per heavy atom. The minimum absolute atomic E-state index is 0.257. The van der Waals surface area contributed by atoms with Crippen LogP contribution in [-0.2, 0) is 4.79 Å². The van der Waals surface area contributed by atoms with E-state index in [1.165, 1.54) is 4.90 Å². The summed E-state index contributed by atoms with van der Waals surface area (Å²) in [6.07, 6.45) is 2.66. The maximum absolute atomic E-state index is 12.1. The summed E-state index contributed by atoms with van der Waals surface area (Å²) in [6, 6.07) is 9.59. The summed E-state index contributed by atoms with van der Waals surface area (Å²) < 4.78 is 0. The third-order valence-corrected chi connectivity index (χ3v) is 5.36. The molecule has 1 heterocycles. The number of hydrogen-bond donors (Lipinski definition) is 2. The number of rotatable bonds is 7.